The van der Waals surface area contributed by atoms with Crippen LogP contribution in [-0.4, -0.2) is 0 Å². The minimum Gasteiger partial charge on any atom is -0.148 e. The van der Waals surface area contributed by atoms with E-state index in [1.165, 1.54) is 49.8 Å². The second-order valence-electron chi connectivity index (χ2n) is 4.58. The Bertz CT molecular complexity index is 260. The molecule has 0 amide bonds. The first-order valence-electron chi connectivity index (χ1n) is 6.04. The van der Waals surface area contributed by atoms with E-state index in [0.717, 1.165) is 5.92 Å². The second kappa shape index (κ2) is 6.05. The molecule has 1 aliphatic carbocycles. The number of rotatable bonds is 3. The number of hydrogen-bond acceptors (Lipinski definition) is 1. The maximum Gasteiger partial charge on any atom is 0.0491 e. The van der Waals surface area contributed by atoms with Crippen LogP contribution in [0.5, 0.6) is 0 Å². The van der Waals surface area contributed by atoms with E-state index in [-0.39, 0.29) is 0 Å². The number of hydrogen-bond donors (Lipinski definition) is 0. The Morgan fingerprint density at radius 1 is 1.27 bits per heavy atom. The lowest BCUT2D eigenvalue weighted by atomic mass is 9.95. The predicted molar refractivity (Wildman–Crippen MR) is 71.8 cm³/mol. The van der Waals surface area contributed by atoms with Gasteiger partial charge in [0.2, 0.25) is 0 Å². The van der Waals surface area contributed by atoms with Gasteiger partial charge < -0.3 is 0 Å². The van der Waals surface area contributed by atoms with E-state index in [2.05, 4.69) is 33.4 Å². The first-order chi connectivity index (χ1) is 7.36. The lowest BCUT2D eigenvalue weighted by molar-refractivity contribution is 0.428. The monoisotopic (exact) mass is 286 g/mol. The van der Waals surface area contributed by atoms with Gasteiger partial charge in [0, 0.05) is 9.70 Å². The van der Waals surface area contributed by atoms with Gasteiger partial charge in [-0.1, -0.05) is 60.5 Å². The van der Waals surface area contributed by atoms with Gasteiger partial charge in [0.15, 0.2) is 0 Å². The molecule has 15 heavy (non-hydrogen) atoms. The van der Waals surface area contributed by atoms with Crippen LogP contribution in [0.2, 0.25) is 0 Å². The molecule has 1 unspecified atom stereocenters. The van der Waals surface area contributed by atoms with Crippen molar-refractivity contribution < 1.29 is 0 Å². The highest BCUT2D eigenvalue weighted by atomic mass is 79.9. The summed E-state index contributed by atoms with van der Waals surface area (Å²) < 4.78 is 0. The predicted octanol–water partition coefficient (Wildman–Crippen LogP) is 5.54. The number of alkyl halides is 1. The van der Waals surface area contributed by atoms with Crippen molar-refractivity contribution in [2.45, 2.75) is 49.8 Å². The largest absolute Gasteiger partial charge is 0.148 e. The topological polar surface area (TPSA) is 0 Å². The fraction of sp³-hybridized carbons (Fsp3) is 0.692. The van der Waals surface area contributed by atoms with Gasteiger partial charge in [-0.05, 0) is 23.8 Å². The smallest absolute Gasteiger partial charge is 0.0491 e. The van der Waals surface area contributed by atoms with E-state index >= 15 is 0 Å². The third-order valence-corrected chi connectivity index (χ3v) is 5.52. The summed E-state index contributed by atoms with van der Waals surface area (Å²) in [5, 5.41) is 2.18. The van der Waals surface area contributed by atoms with Crippen molar-refractivity contribution in [3.63, 3.8) is 0 Å². The first kappa shape index (κ1) is 11.7. The Kier molecular flexibility index (Phi) is 4.70. The quantitative estimate of drug-likeness (QED) is 0.505. The molecule has 1 aromatic rings. The summed E-state index contributed by atoms with van der Waals surface area (Å²) in [6.45, 7) is 0. The Morgan fingerprint density at radius 2 is 2.00 bits per heavy atom. The summed E-state index contributed by atoms with van der Waals surface area (Å²) in [6.07, 6.45) is 10.1. The van der Waals surface area contributed by atoms with E-state index in [1.54, 1.807) is 0 Å². The van der Waals surface area contributed by atoms with Crippen LogP contribution in [0.15, 0.2) is 17.5 Å². The molecular formula is C13H19BrS. The second-order valence-corrected chi connectivity index (χ2v) is 6.66. The molecule has 84 valence electrons. The number of thiophene rings is 1. The molecule has 1 atom stereocenters. The van der Waals surface area contributed by atoms with Crippen LogP contribution in [0.1, 0.15) is 54.7 Å². The van der Waals surface area contributed by atoms with Gasteiger partial charge in [0.1, 0.15) is 0 Å². The standard InChI is InChI=1S/C13H19BrS/c14-12(13-8-5-9-15-13)10-11-6-3-1-2-4-7-11/h5,8-9,11-12H,1-4,6-7,10H2. The molecule has 2 heteroatoms. The molecule has 0 nitrogen and oxygen atoms in total. The highest BCUT2D eigenvalue weighted by Gasteiger charge is 2.17. The van der Waals surface area contributed by atoms with Crippen molar-refractivity contribution in [2.24, 2.45) is 5.92 Å². The molecule has 1 heterocycles. The van der Waals surface area contributed by atoms with Crippen molar-refractivity contribution in [1.29, 1.82) is 0 Å². The molecule has 1 fully saturated rings. The molecule has 0 spiro atoms. The third kappa shape index (κ3) is 3.60. The molecule has 1 saturated carbocycles. The highest BCUT2D eigenvalue weighted by molar-refractivity contribution is 9.09. The van der Waals surface area contributed by atoms with Crippen LogP contribution >= 0.6 is 27.3 Å². The average Bonchev–Trinajstić information content (AvgIpc) is 2.65. The van der Waals surface area contributed by atoms with E-state index in [1.807, 2.05) is 11.3 Å². The maximum atomic E-state index is 3.84. The molecule has 0 aliphatic heterocycles. The zero-order chi connectivity index (χ0) is 10.5. The average molecular weight is 287 g/mol. The lowest BCUT2D eigenvalue weighted by Crippen LogP contribution is -2.02. The SMILES string of the molecule is BrC(CC1CCCCCC1)c1cccs1. The maximum absolute atomic E-state index is 3.84. The normalized spacial score (nSPS) is 21.1. The molecular weight excluding hydrogens is 268 g/mol. The molecule has 0 N–H and O–H groups in total. The van der Waals surface area contributed by atoms with Gasteiger partial charge in [0.05, 0.1) is 0 Å². The first-order valence-corrected chi connectivity index (χ1v) is 7.83. The van der Waals surface area contributed by atoms with Gasteiger partial charge >= 0.3 is 0 Å². The summed E-state index contributed by atoms with van der Waals surface area (Å²) in [6, 6.07) is 4.40. The van der Waals surface area contributed by atoms with E-state index in [0.29, 0.717) is 4.83 Å². The van der Waals surface area contributed by atoms with Crippen LogP contribution in [0.25, 0.3) is 0 Å². The zero-order valence-corrected chi connectivity index (χ0v) is 11.5. The molecule has 2 rings (SSSR count). The van der Waals surface area contributed by atoms with Crippen LogP contribution in [0.4, 0.5) is 0 Å². The van der Waals surface area contributed by atoms with Crippen LogP contribution in [0, 0.1) is 5.92 Å². The molecule has 0 aromatic carbocycles. The Morgan fingerprint density at radius 3 is 2.60 bits per heavy atom. The third-order valence-electron chi connectivity index (χ3n) is 3.37. The fourth-order valence-electron chi connectivity index (χ4n) is 2.48. The van der Waals surface area contributed by atoms with Crippen molar-refractivity contribution in [3.05, 3.63) is 22.4 Å². The summed E-state index contributed by atoms with van der Waals surface area (Å²) in [4.78, 5) is 2.10. The molecule has 1 aromatic heterocycles. The summed E-state index contributed by atoms with van der Waals surface area (Å²) in [5.41, 5.74) is 0. The van der Waals surface area contributed by atoms with Gasteiger partial charge in [-0.15, -0.1) is 11.3 Å². The van der Waals surface area contributed by atoms with Crippen molar-refractivity contribution >= 4 is 27.3 Å². The van der Waals surface area contributed by atoms with Crippen LogP contribution in [-0.2, 0) is 0 Å². The molecule has 0 radical (unpaired) electrons. The molecule has 1 aliphatic rings. The van der Waals surface area contributed by atoms with Crippen molar-refractivity contribution in [3.8, 4) is 0 Å². The van der Waals surface area contributed by atoms with Crippen LogP contribution < -0.4 is 0 Å². The highest BCUT2D eigenvalue weighted by Crippen LogP contribution is 2.37. The van der Waals surface area contributed by atoms with E-state index in [9.17, 15) is 0 Å². The van der Waals surface area contributed by atoms with E-state index in [4.69, 9.17) is 0 Å². The molecule has 0 saturated heterocycles. The summed E-state index contributed by atoms with van der Waals surface area (Å²) in [5.74, 6) is 0.957. The Hall–Kier alpha value is 0.180. The van der Waals surface area contributed by atoms with Gasteiger partial charge in [-0.25, -0.2) is 0 Å². The fourth-order valence-corrected chi connectivity index (χ4v) is 4.20. The molecule has 0 bridgehead atoms. The van der Waals surface area contributed by atoms with Crippen LogP contribution in [0.3, 0.4) is 0 Å². The Balaban J connectivity index is 1.84. The zero-order valence-electron chi connectivity index (χ0n) is 9.12. The lowest BCUT2D eigenvalue weighted by Gasteiger charge is -2.17. The van der Waals surface area contributed by atoms with Gasteiger partial charge in [-0.3, -0.25) is 0 Å². The summed E-state index contributed by atoms with van der Waals surface area (Å²) in [7, 11) is 0. The van der Waals surface area contributed by atoms with Crippen molar-refractivity contribution in [1.82, 2.24) is 0 Å². The minimum absolute atomic E-state index is 0.598. The van der Waals surface area contributed by atoms with Gasteiger partial charge in [0.25, 0.3) is 0 Å². The minimum atomic E-state index is 0.598. The summed E-state index contributed by atoms with van der Waals surface area (Å²) >= 11 is 5.71. The van der Waals surface area contributed by atoms with E-state index < -0.39 is 0 Å². The van der Waals surface area contributed by atoms with Crippen molar-refractivity contribution in [2.75, 3.05) is 0 Å². The number of halogens is 1. The Labute approximate surface area is 105 Å². The van der Waals surface area contributed by atoms with Gasteiger partial charge in [-0.2, -0.15) is 0 Å².